The highest BCUT2D eigenvalue weighted by atomic mass is 16.5. The third kappa shape index (κ3) is 6.23. The fourth-order valence-electron chi connectivity index (χ4n) is 4.58. The maximum atomic E-state index is 12.5. The number of amides is 2. The van der Waals surface area contributed by atoms with Crippen LogP contribution in [-0.4, -0.2) is 66.6 Å². The number of likely N-dealkylation sites (tertiary alicyclic amines) is 1. The van der Waals surface area contributed by atoms with Crippen molar-refractivity contribution in [3.63, 3.8) is 0 Å². The molecule has 7 nitrogen and oxygen atoms in total. The molecule has 2 fully saturated rings. The molecule has 32 heavy (non-hydrogen) atoms. The second kappa shape index (κ2) is 10.2. The van der Waals surface area contributed by atoms with Crippen LogP contribution in [0.15, 0.2) is 18.2 Å². The van der Waals surface area contributed by atoms with Crippen LogP contribution in [0.3, 0.4) is 0 Å². The summed E-state index contributed by atoms with van der Waals surface area (Å²) in [4.78, 5) is 28.2. The average molecular weight is 446 g/mol. The van der Waals surface area contributed by atoms with E-state index in [4.69, 9.17) is 15.2 Å². The van der Waals surface area contributed by atoms with Gasteiger partial charge in [-0.25, -0.2) is 0 Å². The van der Waals surface area contributed by atoms with Gasteiger partial charge in [-0.1, -0.05) is 46.8 Å². The first kappa shape index (κ1) is 24.5. The molecule has 2 amide bonds. The number of ether oxygens (including phenoxy) is 2. The first-order chi connectivity index (χ1) is 15.0. The van der Waals surface area contributed by atoms with Gasteiger partial charge in [0.05, 0.1) is 12.1 Å². The van der Waals surface area contributed by atoms with Gasteiger partial charge in [0, 0.05) is 31.7 Å². The van der Waals surface area contributed by atoms with E-state index in [1.807, 2.05) is 11.0 Å². The highest BCUT2D eigenvalue weighted by molar-refractivity contribution is 5.78. The average Bonchev–Trinajstić information content (AvgIpc) is 2.91. The Morgan fingerprint density at radius 1 is 1.25 bits per heavy atom. The molecule has 2 heterocycles. The molecular weight excluding hydrogens is 406 g/mol. The van der Waals surface area contributed by atoms with Gasteiger partial charge in [-0.05, 0) is 35.8 Å². The normalized spacial score (nSPS) is 22.6. The molecule has 0 aromatic heterocycles. The molecule has 0 saturated carbocycles. The van der Waals surface area contributed by atoms with Crippen LogP contribution in [0.5, 0.6) is 5.75 Å². The summed E-state index contributed by atoms with van der Waals surface area (Å²) in [6.07, 6.45) is 1.87. The van der Waals surface area contributed by atoms with Gasteiger partial charge in [0.2, 0.25) is 5.91 Å². The van der Waals surface area contributed by atoms with Crippen molar-refractivity contribution in [2.24, 2.45) is 11.7 Å². The minimum Gasteiger partial charge on any atom is -0.483 e. The summed E-state index contributed by atoms with van der Waals surface area (Å²) in [5.41, 5.74) is 7.50. The molecule has 2 aliphatic heterocycles. The van der Waals surface area contributed by atoms with Crippen molar-refractivity contribution in [1.29, 1.82) is 0 Å². The number of rotatable bonds is 7. The van der Waals surface area contributed by atoms with E-state index < -0.39 is 5.91 Å². The molecule has 0 aliphatic carbocycles. The van der Waals surface area contributed by atoms with Crippen molar-refractivity contribution < 1.29 is 19.1 Å². The second-order valence-corrected chi connectivity index (χ2v) is 10.5. The van der Waals surface area contributed by atoms with Crippen molar-refractivity contribution in [3.8, 4) is 5.75 Å². The molecule has 2 atom stereocenters. The van der Waals surface area contributed by atoms with E-state index in [-0.39, 0.29) is 36.7 Å². The lowest BCUT2D eigenvalue weighted by Crippen LogP contribution is -2.55. The smallest absolute Gasteiger partial charge is 0.255 e. The Bertz CT molecular complexity index is 818. The predicted molar refractivity (Wildman–Crippen MR) is 124 cm³/mol. The van der Waals surface area contributed by atoms with E-state index >= 15 is 0 Å². The van der Waals surface area contributed by atoms with E-state index in [1.54, 1.807) is 0 Å². The van der Waals surface area contributed by atoms with E-state index in [2.05, 4.69) is 51.7 Å². The minimum absolute atomic E-state index is 0.0224. The van der Waals surface area contributed by atoms with Crippen LogP contribution in [-0.2, 0) is 26.3 Å². The maximum Gasteiger partial charge on any atom is 0.255 e. The largest absolute Gasteiger partial charge is 0.483 e. The quantitative estimate of drug-likeness (QED) is 0.698. The SMILES string of the molecule is CC(C)CN1C(=O)CO[C@H]2CCN(Cc3ccc(C(C)(C)C)cc3OCC(N)=O)CC[C@@H]21. The Morgan fingerprint density at radius 2 is 1.97 bits per heavy atom. The Morgan fingerprint density at radius 3 is 2.62 bits per heavy atom. The first-order valence-electron chi connectivity index (χ1n) is 11.7. The molecule has 2 aliphatic rings. The Kier molecular flexibility index (Phi) is 7.83. The monoisotopic (exact) mass is 445 g/mol. The first-order valence-corrected chi connectivity index (χ1v) is 11.7. The van der Waals surface area contributed by atoms with E-state index in [1.165, 1.54) is 0 Å². The molecule has 0 unspecified atom stereocenters. The van der Waals surface area contributed by atoms with Gasteiger partial charge in [0.25, 0.3) is 5.91 Å². The van der Waals surface area contributed by atoms with Crippen LogP contribution in [0.1, 0.15) is 58.6 Å². The number of nitrogens with zero attached hydrogens (tertiary/aromatic N) is 2. The van der Waals surface area contributed by atoms with Gasteiger partial charge in [-0.3, -0.25) is 14.5 Å². The lowest BCUT2D eigenvalue weighted by atomic mass is 9.86. The highest BCUT2D eigenvalue weighted by Gasteiger charge is 2.38. The van der Waals surface area contributed by atoms with Crippen LogP contribution < -0.4 is 10.5 Å². The summed E-state index contributed by atoms with van der Waals surface area (Å²) < 4.78 is 11.7. The molecule has 1 aromatic carbocycles. The second-order valence-electron chi connectivity index (χ2n) is 10.5. The molecule has 2 saturated heterocycles. The summed E-state index contributed by atoms with van der Waals surface area (Å²) in [5.74, 6) is 0.769. The van der Waals surface area contributed by atoms with Crippen molar-refractivity contribution in [2.75, 3.05) is 32.8 Å². The summed E-state index contributed by atoms with van der Waals surface area (Å²) >= 11 is 0. The van der Waals surface area contributed by atoms with Crippen molar-refractivity contribution in [2.45, 2.75) is 71.6 Å². The molecule has 0 radical (unpaired) electrons. The highest BCUT2D eigenvalue weighted by Crippen LogP contribution is 2.31. The van der Waals surface area contributed by atoms with Crippen molar-refractivity contribution in [3.05, 3.63) is 29.3 Å². The maximum absolute atomic E-state index is 12.5. The Balaban J connectivity index is 1.74. The van der Waals surface area contributed by atoms with Gasteiger partial charge in [0.1, 0.15) is 12.4 Å². The molecule has 0 bridgehead atoms. The summed E-state index contributed by atoms with van der Waals surface area (Å²) in [6.45, 7) is 14.1. The zero-order chi connectivity index (χ0) is 23.5. The van der Waals surface area contributed by atoms with Gasteiger partial charge >= 0.3 is 0 Å². The number of hydrogen-bond acceptors (Lipinski definition) is 5. The third-order valence-corrected chi connectivity index (χ3v) is 6.30. The molecule has 1 aromatic rings. The standard InChI is InChI=1S/C25H39N3O4/c1-17(2)13-28-20-8-10-27(11-9-21(20)32-16-24(28)30)14-18-6-7-19(25(3,4)5)12-22(18)31-15-23(26)29/h6-7,12,17,20-21H,8-11,13-16H2,1-5H3,(H2,26,29)/t20-,21-/m0/s1. The predicted octanol–water partition coefficient (Wildman–Crippen LogP) is 2.70. The van der Waals surface area contributed by atoms with Crippen molar-refractivity contribution >= 4 is 11.8 Å². The number of nitrogens with two attached hydrogens (primary N) is 1. The van der Waals surface area contributed by atoms with Gasteiger partial charge < -0.3 is 20.1 Å². The van der Waals surface area contributed by atoms with E-state index in [0.717, 1.165) is 50.1 Å². The number of carbonyl (C=O) groups is 2. The zero-order valence-electron chi connectivity index (χ0n) is 20.2. The summed E-state index contributed by atoms with van der Waals surface area (Å²) in [5, 5.41) is 0. The van der Waals surface area contributed by atoms with Crippen LogP contribution in [0, 0.1) is 5.92 Å². The van der Waals surface area contributed by atoms with Gasteiger partial charge in [-0.15, -0.1) is 0 Å². The minimum atomic E-state index is -0.483. The molecule has 3 rings (SSSR count). The number of benzene rings is 1. The summed E-state index contributed by atoms with van der Waals surface area (Å²) in [6, 6.07) is 6.40. The zero-order valence-corrected chi connectivity index (χ0v) is 20.2. The lowest BCUT2D eigenvalue weighted by molar-refractivity contribution is -0.158. The molecule has 0 spiro atoms. The van der Waals surface area contributed by atoms with Crippen LogP contribution in [0.25, 0.3) is 0 Å². The Labute approximate surface area is 192 Å². The molecular formula is C25H39N3O4. The van der Waals surface area contributed by atoms with Crippen molar-refractivity contribution in [1.82, 2.24) is 9.80 Å². The van der Waals surface area contributed by atoms with Crippen LogP contribution in [0.2, 0.25) is 0 Å². The number of carbonyl (C=O) groups excluding carboxylic acids is 2. The van der Waals surface area contributed by atoms with Gasteiger partial charge in [0.15, 0.2) is 6.61 Å². The fourth-order valence-corrected chi connectivity index (χ4v) is 4.58. The van der Waals surface area contributed by atoms with Crippen LogP contribution >= 0.6 is 0 Å². The molecule has 178 valence electrons. The third-order valence-electron chi connectivity index (χ3n) is 6.30. The number of fused-ring (bicyclic) bond motifs is 1. The van der Waals surface area contributed by atoms with E-state index in [0.29, 0.717) is 11.7 Å². The van der Waals surface area contributed by atoms with Gasteiger partial charge in [-0.2, -0.15) is 0 Å². The molecule has 7 heteroatoms. The lowest BCUT2D eigenvalue weighted by Gasteiger charge is -2.41. The number of hydrogen-bond donors (Lipinski definition) is 1. The van der Waals surface area contributed by atoms with Crippen LogP contribution in [0.4, 0.5) is 0 Å². The number of primary amides is 1. The van der Waals surface area contributed by atoms with E-state index in [9.17, 15) is 9.59 Å². The fraction of sp³-hybridized carbons (Fsp3) is 0.680. The topological polar surface area (TPSA) is 85.1 Å². The Hall–Kier alpha value is -2.12. The number of morpholine rings is 1. The molecule has 2 N–H and O–H groups in total. The summed E-state index contributed by atoms with van der Waals surface area (Å²) in [7, 11) is 0.